The molecule has 4 heteroatoms. The molecule has 0 radical (unpaired) electrons. The summed E-state index contributed by atoms with van der Waals surface area (Å²) in [7, 11) is 0. The molecule has 1 amide bonds. The van der Waals surface area contributed by atoms with Crippen molar-refractivity contribution in [2.24, 2.45) is 11.3 Å². The molecule has 1 heterocycles. The minimum atomic E-state index is 0.171. The quantitative estimate of drug-likeness (QED) is 0.918. The van der Waals surface area contributed by atoms with Crippen molar-refractivity contribution in [2.75, 3.05) is 0 Å². The first-order valence-electron chi connectivity index (χ1n) is 7.13. The van der Waals surface area contributed by atoms with E-state index in [4.69, 9.17) is 0 Å². The van der Waals surface area contributed by atoms with Crippen molar-refractivity contribution < 1.29 is 4.79 Å². The normalized spacial score (nSPS) is 26.1. The molecule has 19 heavy (non-hydrogen) atoms. The predicted octanol–water partition coefficient (Wildman–Crippen LogP) is 3.41. The Morgan fingerprint density at radius 3 is 3.00 bits per heavy atom. The van der Waals surface area contributed by atoms with Gasteiger partial charge in [-0.1, -0.05) is 20.8 Å². The molecule has 3 nitrogen and oxygen atoms in total. The van der Waals surface area contributed by atoms with E-state index in [1.54, 1.807) is 11.3 Å². The third-order valence-electron chi connectivity index (χ3n) is 4.13. The van der Waals surface area contributed by atoms with E-state index in [9.17, 15) is 4.79 Å². The summed E-state index contributed by atoms with van der Waals surface area (Å²) in [6.07, 6.45) is 4.81. The Kier molecular flexibility index (Phi) is 4.61. The van der Waals surface area contributed by atoms with Crippen LogP contribution < -0.4 is 5.32 Å². The van der Waals surface area contributed by atoms with E-state index >= 15 is 0 Å². The van der Waals surface area contributed by atoms with Crippen LogP contribution in [0.15, 0.2) is 10.9 Å². The average Bonchev–Trinajstić information content (AvgIpc) is 2.83. The number of nitrogens with one attached hydrogen (secondary N) is 1. The van der Waals surface area contributed by atoms with Gasteiger partial charge in [-0.3, -0.25) is 4.79 Å². The van der Waals surface area contributed by atoms with E-state index in [-0.39, 0.29) is 5.91 Å². The Labute approximate surface area is 119 Å². The number of rotatable bonds is 4. The number of carbonyl (C=O) groups excluding carboxylic acids is 1. The Balaban J connectivity index is 1.76. The van der Waals surface area contributed by atoms with Crippen molar-refractivity contribution in [3.05, 3.63) is 16.6 Å². The van der Waals surface area contributed by atoms with Gasteiger partial charge < -0.3 is 5.32 Å². The van der Waals surface area contributed by atoms with E-state index in [1.807, 2.05) is 10.9 Å². The number of amides is 1. The van der Waals surface area contributed by atoms with Crippen LogP contribution in [0.2, 0.25) is 0 Å². The highest BCUT2D eigenvalue weighted by atomic mass is 32.1. The fraction of sp³-hybridized carbons (Fsp3) is 0.733. The molecule has 0 aromatic carbocycles. The topological polar surface area (TPSA) is 42.0 Å². The van der Waals surface area contributed by atoms with Gasteiger partial charge in [0.15, 0.2) is 0 Å². The van der Waals surface area contributed by atoms with Gasteiger partial charge in [-0.15, -0.1) is 11.3 Å². The summed E-state index contributed by atoms with van der Waals surface area (Å²) in [4.78, 5) is 16.2. The lowest BCUT2D eigenvalue weighted by molar-refractivity contribution is -0.122. The van der Waals surface area contributed by atoms with E-state index in [1.165, 1.54) is 12.8 Å². The van der Waals surface area contributed by atoms with Crippen molar-refractivity contribution in [1.82, 2.24) is 10.3 Å². The van der Waals surface area contributed by atoms with Crippen LogP contribution in [0.1, 0.15) is 52.1 Å². The van der Waals surface area contributed by atoms with Crippen LogP contribution in [-0.4, -0.2) is 16.9 Å². The lowest BCUT2D eigenvalue weighted by Gasteiger charge is -2.39. The first-order valence-corrected chi connectivity index (χ1v) is 8.07. The molecule has 2 rings (SSSR count). The van der Waals surface area contributed by atoms with Crippen LogP contribution in [-0.2, 0) is 11.2 Å². The molecule has 106 valence electrons. The van der Waals surface area contributed by atoms with Gasteiger partial charge in [0, 0.05) is 17.8 Å². The van der Waals surface area contributed by atoms with Crippen LogP contribution in [0, 0.1) is 11.3 Å². The van der Waals surface area contributed by atoms with E-state index in [2.05, 4.69) is 31.1 Å². The number of carbonyl (C=O) groups is 1. The third-order valence-corrected chi connectivity index (χ3v) is 4.77. The summed E-state index contributed by atoms with van der Waals surface area (Å²) >= 11 is 1.58. The molecule has 1 fully saturated rings. The number of aromatic nitrogens is 1. The van der Waals surface area contributed by atoms with E-state index < -0.39 is 0 Å². The molecule has 0 bridgehead atoms. The first kappa shape index (κ1) is 14.5. The molecule has 0 aliphatic heterocycles. The molecular weight excluding hydrogens is 256 g/mol. The maximum Gasteiger partial charge on any atom is 0.220 e. The monoisotopic (exact) mass is 280 g/mol. The largest absolute Gasteiger partial charge is 0.353 e. The molecular formula is C15H24N2OS. The minimum Gasteiger partial charge on any atom is -0.353 e. The molecule has 1 N–H and O–H groups in total. The molecule has 0 spiro atoms. The average molecular weight is 280 g/mol. The summed E-state index contributed by atoms with van der Waals surface area (Å²) in [6.45, 7) is 6.90. The molecule has 1 saturated carbocycles. The first-order chi connectivity index (χ1) is 8.96. The Hall–Kier alpha value is -0.900. The number of nitrogens with zero attached hydrogens (tertiary/aromatic N) is 1. The Morgan fingerprint density at radius 1 is 1.58 bits per heavy atom. The maximum atomic E-state index is 12.0. The SMILES string of the molecule is C[C@H]1CC(C)(C)CC[C@H]1NC(=O)CCc1cscn1. The van der Waals surface area contributed by atoms with Crippen LogP contribution in [0.3, 0.4) is 0 Å². The van der Waals surface area contributed by atoms with Gasteiger partial charge in [0.2, 0.25) is 5.91 Å². The second-order valence-corrected chi connectivity index (χ2v) is 7.26. The lowest BCUT2D eigenvalue weighted by atomic mass is 9.70. The number of hydrogen-bond donors (Lipinski definition) is 1. The second-order valence-electron chi connectivity index (χ2n) is 6.54. The molecule has 0 unspecified atom stereocenters. The smallest absolute Gasteiger partial charge is 0.220 e. The second kappa shape index (κ2) is 6.04. The highest BCUT2D eigenvalue weighted by molar-refractivity contribution is 7.07. The maximum absolute atomic E-state index is 12.0. The van der Waals surface area contributed by atoms with Crippen LogP contribution in [0.25, 0.3) is 0 Å². The molecule has 1 aromatic rings. The van der Waals surface area contributed by atoms with Gasteiger partial charge in [-0.25, -0.2) is 4.98 Å². The van der Waals surface area contributed by atoms with Gasteiger partial charge in [0.05, 0.1) is 11.2 Å². The molecule has 1 aliphatic carbocycles. The van der Waals surface area contributed by atoms with Crippen molar-refractivity contribution in [3.8, 4) is 0 Å². The third kappa shape index (κ3) is 4.30. The van der Waals surface area contributed by atoms with E-state index in [0.29, 0.717) is 23.8 Å². The molecule has 0 saturated heterocycles. The van der Waals surface area contributed by atoms with Crippen molar-refractivity contribution in [3.63, 3.8) is 0 Å². The van der Waals surface area contributed by atoms with Gasteiger partial charge in [-0.05, 0) is 37.0 Å². The minimum absolute atomic E-state index is 0.171. The zero-order chi connectivity index (χ0) is 13.9. The fourth-order valence-corrected chi connectivity index (χ4v) is 3.64. The van der Waals surface area contributed by atoms with Crippen molar-refractivity contribution in [1.29, 1.82) is 0 Å². The summed E-state index contributed by atoms with van der Waals surface area (Å²) in [5.41, 5.74) is 3.28. The Morgan fingerprint density at radius 2 is 2.37 bits per heavy atom. The summed E-state index contributed by atoms with van der Waals surface area (Å²) in [6, 6.07) is 0.357. The molecule has 1 aromatic heterocycles. The van der Waals surface area contributed by atoms with Gasteiger partial charge >= 0.3 is 0 Å². The predicted molar refractivity (Wildman–Crippen MR) is 79.2 cm³/mol. The zero-order valence-corrected chi connectivity index (χ0v) is 12.9. The lowest BCUT2D eigenvalue weighted by Crippen LogP contribution is -2.44. The zero-order valence-electron chi connectivity index (χ0n) is 12.1. The number of thiazole rings is 1. The number of aryl methyl sites for hydroxylation is 1. The van der Waals surface area contributed by atoms with Gasteiger partial charge in [0.25, 0.3) is 0 Å². The molecule has 2 atom stereocenters. The molecule has 1 aliphatic rings. The van der Waals surface area contributed by atoms with Crippen molar-refractivity contribution >= 4 is 17.2 Å². The number of hydrogen-bond acceptors (Lipinski definition) is 3. The van der Waals surface area contributed by atoms with Crippen LogP contribution in [0.4, 0.5) is 0 Å². The van der Waals surface area contributed by atoms with Crippen LogP contribution >= 0.6 is 11.3 Å². The van der Waals surface area contributed by atoms with Gasteiger partial charge in [0.1, 0.15) is 0 Å². The fourth-order valence-electron chi connectivity index (χ4n) is 3.04. The van der Waals surface area contributed by atoms with Crippen LogP contribution in [0.5, 0.6) is 0 Å². The summed E-state index contributed by atoms with van der Waals surface area (Å²) in [5.74, 6) is 0.747. The summed E-state index contributed by atoms with van der Waals surface area (Å²) in [5, 5.41) is 5.22. The van der Waals surface area contributed by atoms with Gasteiger partial charge in [-0.2, -0.15) is 0 Å². The Bertz CT molecular complexity index is 414. The highest BCUT2D eigenvalue weighted by Gasteiger charge is 2.32. The summed E-state index contributed by atoms with van der Waals surface area (Å²) < 4.78 is 0. The highest BCUT2D eigenvalue weighted by Crippen LogP contribution is 2.38. The van der Waals surface area contributed by atoms with Crippen molar-refractivity contribution in [2.45, 2.75) is 58.9 Å². The standard InChI is InChI=1S/C15H24N2OS/c1-11-8-15(2,3)7-6-13(11)17-14(18)5-4-12-9-19-10-16-12/h9-11,13H,4-8H2,1-3H3,(H,17,18)/t11-,13+/m0/s1. The van der Waals surface area contributed by atoms with E-state index in [0.717, 1.165) is 18.5 Å².